The predicted octanol–water partition coefficient (Wildman–Crippen LogP) is 4.80. The number of likely N-dealkylation sites (tertiary alicyclic amines) is 2. The van der Waals surface area contributed by atoms with Gasteiger partial charge < -0.3 is 35.0 Å². The molecule has 0 bridgehead atoms. The second-order valence-electron chi connectivity index (χ2n) is 12.5. The lowest BCUT2D eigenvalue weighted by atomic mass is 10.0. The maximum absolute atomic E-state index is 13.4. The maximum atomic E-state index is 13.4. The van der Waals surface area contributed by atoms with Gasteiger partial charge in [0.25, 0.3) is 5.91 Å². The van der Waals surface area contributed by atoms with Crippen LogP contribution in [0.2, 0.25) is 0 Å². The minimum absolute atomic E-state index is 0.0175. The van der Waals surface area contributed by atoms with Gasteiger partial charge in [0, 0.05) is 57.3 Å². The third kappa shape index (κ3) is 10.3. The Balaban J connectivity index is 1.20. The highest BCUT2D eigenvalue weighted by atomic mass is 79.9. The fraction of sp³-hybridized carbons (Fsp3) is 0.457. The first-order chi connectivity index (χ1) is 24.5. The van der Waals surface area contributed by atoms with Crippen LogP contribution in [-0.4, -0.2) is 117 Å². The summed E-state index contributed by atoms with van der Waals surface area (Å²) in [6.07, 6.45) is 0.589. The molecule has 1 atom stereocenters. The van der Waals surface area contributed by atoms with Crippen LogP contribution < -0.4 is 5.32 Å². The number of ether oxygens (including phenoxy) is 1. The van der Waals surface area contributed by atoms with E-state index in [1.165, 1.54) is 4.90 Å². The number of urea groups is 1. The van der Waals surface area contributed by atoms with E-state index in [1.54, 1.807) is 17.0 Å². The molecule has 0 spiro atoms. The smallest absolute Gasteiger partial charge is 0.410 e. The number of hydrogen-bond donors (Lipinski definition) is 3. The third-order valence-corrected chi connectivity index (χ3v) is 10.4. The van der Waals surface area contributed by atoms with Crippen molar-refractivity contribution in [3.63, 3.8) is 0 Å². The molecule has 3 N–H and O–H groups in total. The lowest BCUT2D eigenvalue weighted by Gasteiger charge is -2.37. The van der Waals surface area contributed by atoms with E-state index in [-0.39, 0.29) is 49.0 Å². The number of phenols is 1. The quantitative estimate of drug-likeness (QED) is 0.302. The topological polar surface area (TPSA) is 182 Å². The molecule has 5 amide bonds. The first-order valence-electron chi connectivity index (χ1n) is 16.7. The molecule has 3 aliphatic heterocycles. The Morgan fingerprint density at radius 3 is 2.29 bits per heavy atom. The molecule has 0 radical (unpaired) electrons. The van der Waals surface area contributed by atoms with E-state index >= 15 is 0 Å². The summed E-state index contributed by atoms with van der Waals surface area (Å²) in [6.45, 7) is 2.08. The number of aromatic hydroxyl groups is 1. The average molecular weight is 831 g/mol. The van der Waals surface area contributed by atoms with Crippen LogP contribution in [0.5, 0.6) is 5.75 Å². The van der Waals surface area contributed by atoms with E-state index in [4.69, 9.17) is 9.84 Å². The molecule has 3 heterocycles. The maximum Gasteiger partial charge on any atom is 0.410 e. The van der Waals surface area contributed by atoms with E-state index < -0.39 is 24.1 Å². The van der Waals surface area contributed by atoms with E-state index in [1.807, 2.05) is 29.2 Å². The van der Waals surface area contributed by atoms with Crippen molar-refractivity contribution in [3.05, 3.63) is 56.5 Å². The van der Waals surface area contributed by atoms with Crippen LogP contribution in [0.15, 0.2) is 55.3 Å². The molecule has 16 heteroatoms. The Morgan fingerprint density at radius 2 is 1.61 bits per heavy atom. The van der Waals surface area contributed by atoms with Crippen molar-refractivity contribution < 1.29 is 38.9 Å². The van der Waals surface area contributed by atoms with Crippen molar-refractivity contribution in [2.45, 2.75) is 69.6 Å². The number of aliphatic carboxylic acids is 1. The van der Waals surface area contributed by atoms with Gasteiger partial charge in [-0.3, -0.25) is 14.4 Å². The average Bonchev–Trinajstić information content (AvgIpc) is 3.29. The van der Waals surface area contributed by atoms with Crippen LogP contribution in [0, 0.1) is 0 Å². The number of fused-ring (bicyclic) bond motifs is 1. The fourth-order valence-corrected chi connectivity index (χ4v) is 7.59. The van der Waals surface area contributed by atoms with E-state index in [2.05, 4.69) is 58.9 Å². The van der Waals surface area contributed by atoms with Crippen molar-refractivity contribution in [2.24, 2.45) is 9.98 Å². The van der Waals surface area contributed by atoms with Crippen molar-refractivity contribution >= 4 is 79.2 Å². The monoisotopic (exact) mass is 828 g/mol. The molecule has 0 aliphatic carbocycles. The zero-order chi connectivity index (χ0) is 36.5. The summed E-state index contributed by atoms with van der Waals surface area (Å²) >= 11 is 6.58. The highest BCUT2D eigenvalue weighted by Gasteiger charge is 2.33. The van der Waals surface area contributed by atoms with Crippen LogP contribution >= 0.6 is 31.9 Å². The molecule has 3 aliphatic rings. The van der Waals surface area contributed by atoms with Crippen molar-refractivity contribution in [2.75, 3.05) is 38.0 Å². The number of amides is 5. The normalized spacial score (nSPS) is 17.2. The van der Waals surface area contributed by atoms with E-state index in [9.17, 15) is 29.1 Å². The molecule has 2 aromatic carbocycles. The molecule has 0 aromatic heterocycles. The summed E-state index contributed by atoms with van der Waals surface area (Å²) in [4.78, 5) is 75.7. The number of rotatable bonds is 9. The molecule has 270 valence electrons. The molecule has 2 fully saturated rings. The second kappa shape index (κ2) is 17.6. The molecular formula is C35H38Br2N6O8. The highest BCUT2D eigenvalue weighted by Crippen LogP contribution is 2.34. The van der Waals surface area contributed by atoms with Gasteiger partial charge in [0.2, 0.25) is 5.91 Å². The number of nitrogens with one attached hydrogen (secondary N) is 1. The second-order valence-corrected chi connectivity index (χ2v) is 14.3. The lowest BCUT2D eigenvalue weighted by molar-refractivity contribution is -0.141. The number of carboxylic acid groups (broad SMARTS) is 1. The number of hydrogen-bond acceptors (Lipinski definition) is 8. The number of para-hydroxylation sites is 1. The zero-order valence-corrected chi connectivity index (χ0v) is 30.9. The van der Waals surface area contributed by atoms with Crippen molar-refractivity contribution in [3.8, 4) is 5.75 Å². The Bertz CT molecular complexity index is 1740. The van der Waals surface area contributed by atoms with Crippen LogP contribution in [0.3, 0.4) is 0 Å². The number of benzene rings is 2. The molecule has 5 rings (SSSR count). The molecule has 2 aromatic rings. The Kier molecular flexibility index (Phi) is 13.1. The number of halogens is 2. The Morgan fingerprint density at radius 1 is 0.941 bits per heavy atom. The largest absolute Gasteiger partial charge is 0.506 e. The summed E-state index contributed by atoms with van der Waals surface area (Å²) in [5, 5.41) is 21.9. The molecular weight excluding hydrogens is 792 g/mol. The number of phenolic OH excluding ortho intramolecular Hbond substituents is 1. The fourth-order valence-electron chi connectivity index (χ4n) is 6.31. The number of piperidine rings is 2. The summed E-state index contributed by atoms with van der Waals surface area (Å²) in [7, 11) is 0. The third-order valence-electron chi connectivity index (χ3n) is 9.15. The summed E-state index contributed by atoms with van der Waals surface area (Å²) in [6, 6.07) is 10.5. The van der Waals surface area contributed by atoms with Gasteiger partial charge in [-0.1, -0.05) is 18.2 Å². The molecule has 51 heavy (non-hydrogen) atoms. The number of anilines is 1. The Hall–Kier alpha value is -4.49. The first-order valence-corrected chi connectivity index (χ1v) is 18.3. The van der Waals surface area contributed by atoms with Crippen LogP contribution in [-0.2, 0) is 32.0 Å². The van der Waals surface area contributed by atoms with Gasteiger partial charge in [0.15, 0.2) is 6.10 Å². The first kappa shape index (κ1) is 37.8. The molecule has 14 nitrogen and oxygen atoms in total. The SMILES string of the molecule is O=C(O)CCC(=O)N1CCC(N=C=C=NC(=O)[C@@H](Cc2cc(Br)c(O)c(Br)c2)OC(=O)N2CCC(N3CCc4ccccc4NC3=O)CC2)CC1. The Labute approximate surface area is 311 Å². The standard InChI is InChI=1S/C35H38Br2N6O8/c36-26-19-22(20-27(37)32(26)47)21-29(33(48)39-13-12-38-24-8-14-41(15-9-24)30(44)5-6-31(45)46)51-35(50)42-16-10-25(11-17-42)43-18-7-23-3-1-2-4-28(23)40-34(43)49/h1-4,19-20,24-25,29,47H,5-11,14-18,21H2,(H,40,49)(H,45,46)/t29-/m1/s1. The van der Waals surface area contributed by atoms with Gasteiger partial charge in [0.05, 0.1) is 33.1 Å². The molecule has 0 unspecified atom stereocenters. The molecule has 0 saturated carbocycles. The van der Waals surface area contributed by atoms with E-state index in [0.717, 1.165) is 17.7 Å². The number of aliphatic imine (C=N–C) groups is 2. The van der Waals surface area contributed by atoms with Gasteiger partial charge >= 0.3 is 18.1 Å². The summed E-state index contributed by atoms with van der Waals surface area (Å²) in [5.74, 6) is 2.94. The summed E-state index contributed by atoms with van der Waals surface area (Å²) in [5.41, 5.74) is 2.47. The van der Waals surface area contributed by atoms with Gasteiger partial charge in [0.1, 0.15) is 5.75 Å². The lowest BCUT2D eigenvalue weighted by Crippen LogP contribution is -2.50. The number of carboxylic acids is 1. The zero-order valence-electron chi connectivity index (χ0n) is 27.7. The minimum atomic E-state index is -1.32. The minimum Gasteiger partial charge on any atom is -0.506 e. The highest BCUT2D eigenvalue weighted by molar-refractivity contribution is 9.11. The summed E-state index contributed by atoms with van der Waals surface area (Å²) < 4.78 is 6.50. The predicted molar refractivity (Wildman–Crippen MR) is 194 cm³/mol. The van der Waals surface area contributed by atoms with Gasteiger partial charge in [-0.25, -0.2) is 14.6 Å². The van der Waals surface area contributed by atoms with Crippen molar-refractivity contribution in [1.82, 2.24) is 14.7 Å². The van der Waals surface area contributed by atoms with Gasteiger partial charge in [-0.15, -0.1) is 0 Å². The van der Waals surface area contributed by atoms with Crippen molar-refractivity contribution in [1.29, 1.82) is 0 Å². The van der Waals surface area contributed by atoms with Crippen LogP contribution in [0.25, 0.3) is 0 Å². The van der Waals surface area contributed by atoms with E-state index in [0.29, 0.717) is 72.9 Å². The van der Waals surface area contributed by atoms with Gasteiger partial charge in [-0.05, 0) is 93.3 Å². The number of nitrogens with zero attached hydrogens (tertiary/aromatic N) is 5. The molecule has 2 saturated heterocycles. The van der Waals surface area contributed by atoms with Gasteiger partial charge in [-0.2, -0.15) is 4.99 Å². The van der Waals surface area contributed by atoms with Crippen LogP contribution in [0.4, 0.5) is 15.3 Å². The number of carbonyl (C=O) groups is 5. The van der Waals surface area contributed by atoms with Crippen LogP contribution in [0.1, 0.15) is 49.7 Å². The number of carbonyl (C=O) groups excluding carboxylic acids is 4.